The van der Waals surface area contributed by atoms with E-state index in [2.05, 4.69) is 19.2 Å². The van der Waals surface area contributed by atoms with Gasteiger partial charge in [0.25, 0.3) is 0 Å². The van der Waals surface area contributed by atoms with E-state index in [0.717, 1.165) is 12.8 Å². The van der Waals surface area contributed by atoms with Gasteiger partial charge in [-0.2, -0.15) is 0 Å². The number of ether oxygens (including phenoxy) is 1. The molecule has 0 saturated carbocycles. The minimum absolute atomic E-state index is 0.319. The van der Waals surface area contributed by atoms with E-state index in [4.69, 9.17) is 4.74 Å². The summed E-state index contributed by atoms with van der Waals surface area (Å²) in [6, 6.07) is 0. The van der Waals surface area contributed by atoms with Crippen molar-refractivity contribution in [3.63, 3.8) is 0 Å². The summed E-state index contributed by atoms with van der Waals surface area (Å²) < 4.78 is 5.10. The Morgan fingerprint density at radius 2 is 2.00 bits per heavy atom. The number of nitrogens with one attached hydrogen (secondary N) is 1. The largest absolute Gasteiger partial charge is 0.444 e. The molecule has 0 bridgehead atoms. The summed E-state index contributed by atoms with van der Waals surface area (Å²) >= 11 is 0. The van der Waals surface area contributed by atoms with Gasteiger partial charge in [0.1, 0.15) is 5.60 Å². The van der Waals surface area contributed by atoms with Crippen molar-refractivity contribution in [2.24, 2.45) is 5.92 Å². The van der Waals surface area contributed by atoms with Gasteiger partial charge >= 0.3 is 6.09 Å². The molecule has 0 fully saturated rings. The lowest BCUT2D eigenvalue weighted by atomic mass is 10.1. The van der Waals surface area contributed by atoms with Gasteiger partial charge in [-0.3, -0.25) is 0 Å². The molecule has 0 aromatic carbocycles. The van der Waals surface area contributed by atoms with Crippen LogP contribution in [0.4, 0.5) is 4.79 Å². The van der Waals surface area contributed by atoms with Crippen molar-refractivity contribution in [2.45, 2.75) is 53.1 Å². The first-order valence-corrected chi connectivity index (χ1v) is 5.32. The standard InChI is InChI=1S/C11H23NO2/c1-6-9(2)7-8-12-10(13)14-11(3,4)5/h9H,6-8H2,1-5H3,(H,12,13)/t9-/m1/s1. The van der Waals surface area contributed by atoms with E-state index in [0.29, 0.717) is 12.5 Å². The van der Waals surface area contributed by atoms with Crippen molar-refractivity contribution in [1.29, 1.82) is 0 Å². The number of carbonyl (C=O) groups excluding carboxylic acids is 1. The average molecular weight is 201 g/mol. The number of rotatable bonds is 4. The topological polar surface area (TPSA) is 38.3 Å². The zero-order valence-electron chi connectivity index (χ0n) is 10.0. The summed E-state index contributed by atoms with van der Waals surface area (Å²) in [5.41, 5.74) is -0.402. The van der Waals surface area contributed by atoms with Gasteiger partial charge in [0.2, 0.25) is 0 Å². The van der Waals surface area contributed by atoms with Crippen LogP contribution in [0.5, 0.6) is 0 Å². The number of hydrogen-bond acceptors (Lipinski definition) is 2. The van der Waals surface area contributed by atoms with Gasteiger partial charge in [-0.05, 0) is 33.1 Å². The van der Waals surface area contributed by atoms with Gasteiger partial charge in [-0.25, -0.2) is 4.79 Å². The molecule has 0 aliphatic carbocycles. The smallest absolute Gasteiger partial charge is 0.407 e. The highest BCUT2D eigenvalue weighted by molar-refractivity contribution is 5.67. The molecule has 0 radical (unpaired) electrons. The molecule has 3 nitrogen and oxygen atoms in total. The summed E-state index contributed by atoms with van der Waals surface area (Å²) in [5.74, 6) is 0.657. The van der Waals surface area contributed by atoms with Gasteiger partial charge in [0.05, 0.1) is 0 Å². The number of amides is 1. The van der Waals surface area contributed by atoms with Gasteiger partial charge in [0.15, 0.2) is 0 Å². The van der Waals surface area contributed by atoms with E-state index >= 15 is 0 Å². The Balaban J connectivity index is 3.55. The molecule has 0 unspecified atom stereocenters. The summed E-state index contributed by atoms with van der Waals surface area (Å²) in [4.78, 5) is 11.2. The number of hydrogen-bond donors (Lipinski definition) is 1. The van der Waals surface area contributed by atoms with Crippen LogP contribution >= 0.6 is 0 Å². The van der Waals surface area contributed by atoms with Crippen molar-refractivity contribution in [3.8, 4) is 0 Å². The van der Waals surface area contributed by atoms with Crippen LogP contribution in [0.2, 0.25) is 0 Å². The van der Waals surface area contributed by atoms with Gasteiger partial charge in [-0.15, -0.1) is 0 Å². The highest BCUT2D eigenvalue weighted by Crippen LogP contribution is 2.07. The molecule has 0 aromatic heterocycles. The second-order valence-electron chi connectivity index (χ2n) is 4.73. The van der Waals surface area contributed by atoms with Crippen LogP contribution in [0.3, 0.4) is 0 Å². The lowest BCUT2D eigenvalue weighted by Gasteiger charge is -2.20. The lowest BCUT2D eigenvalue weighted by Crippen LogP contribution is -2.33. The first-order chi connectivity index (χ1) is 6.35. The van der Waals surface area contributed by atoms with Crippen LogP contribution in [0.25, 0.3) is 0 Å². The molecule has 0 saturated heterocycles. The van der Waals surface area contributed by atoms with Crippen LogP contribution in [-0.4, -0.2) is 18.2 Å². The van der Waals surface area contributed by atoms with Gasteiger partial charge in [0, 0.05) is 6.54 Å². The Kier molecular flexibility index (Phi) is 5.58. The predicted molar refractivity (Wildman–Crippen MR) is 58.3 cm³/mol. The van der Waals surface area contributed by atoms with E-state index in [9.17, 15) is 4.79 Å². The summed E-state index contributed by atoms with van der Waals surface area (Å²) in [6.45, 7) is 10.6. The molecule has 0 aliphatic heterocycles. The monoisotopic (exact) mass is 201 g/mol. The average Bonchev–Trinajstić information content (AvgIpc) is 2.00. The van der Waals surface area contributed by atoms with Crippen molar-refractivity contribution in [1.82, 2.24) is 5.32 Å². The van der Waals surface area contributed by atoms with Crippen molar-refractivity contribution >= 4 is 6.09 Å². The zero-order valence-corrected chi connectivity index (χ0v) is 10.0. The third kappa shape index (κ3) is 7.90. The lowest BCUT2D eigenvalue weighted by molar-refractivity contribution is 0.0525. The Bertz CT molecular complexity index is 173. The van der Waals surface area contributed by atoms with Gasteiger partial charge in [-0.1, -0.05) is 20.3 Å². The highest BCUT2D eigenvalue weighted by Gasteiger charge is 2.15. The fourth-order valence-electron chi connectivity index (χ4n) is 0.939. The van der Waals surface area contributed by atoms with E-state index < -0.39 is 5.60 Å². The fraction of sp³-hybridized carbons (Fsp3) is 0.909. The number of carbonyl (C=O) groups is 1. The van der Waals surface area contributed by atoms with E-state index in [1.54, 1.807) is 0 Å². The normalized spacial score (nSPS) is 13.5. The second-order valence-corrected chi connectivity index (χ2v) is 4.73. The molecule has 3 heteroatoms. The van der Waals surface area contributed by atoms with Crippen molar-refractivity contribution < 1.29 is 9.53 Å². The molecule has 0 spiro atoms. The molecular weight excluding hydrogens is 178 g/mol. The highest BCUT2D eigenvalue weighted by atomic mass is 16.6. The van der Waals surface area contributed by atoms with Crippen LogP contribution in [0.1, 0.15) is 47.5 Å². The third-order valence-electron chi connectivity index (χ3n) is 2.00. The minimum Gasteiger partial charge on any atom is -0.444 e. The molecule has 0 aromatic rings. The number of alkyl carbamates (subject to hydrolysis) is 1. The van der Waals surface area contributed by atoms with Crippen LogP contribution in [-0.2, 0) is 4.74 Å². The SMILES string of the molecule is CC[C@@H](C)CCNC(=O)OC(C)(C)C. The third-order valence-corrected chi connectivity index (χ3v) is 2.00. The molecule has 1 amide bonds. The van der Waals surface area contributed by atoms with Crippen molar-refractivity contribution in [3.05, 3.63) is 0 Å². The molecule has 1 N–H and O–H groups in total. The quantitative estimate of drug-likeness (QED) is 0.759. The maximum Gasteiger partial charge on any atom is 0.407 e. The molecule has 84 valence electrons. The van der Waals surface area contributed by atoms with Crippen LogP contribution < -0.4 is 5.32 Å². The Morgan fingerprint density at radius 1 is 1.43 bits per heavy atom. The Labute approximate surface area is 87.2 Å². The summed E-state index contributed by atoms with van der Waals surface area (Å²) in [5, 5.41) is 2.74. The first-order valence-electron chi connectivity index (χ1n) is 5.32. The van der Waals surface area contributed by atoms with E-state index in [-0.39, 0.29) is 6.09 Å². The van der Waals surface area contributed by atoms with E-state index in [1.165, 1.54) is 0 Å². The van der Waals surface area contributed by atoms with Crippen molar-refractivity contribution in [2.75, 3.05) is 6.54 Å². The summed E-state index contributed by atoms with van der Waals surface area (Å²) in [6.07, 6.45) is 1.84. The molecule has 14 heavy (non-hydrogen) atoms. The molecule has 0 heterocycles. The molecule has 0 rings (SSSR count). The zero-order chi connectivity index (χ0) is 11.2. The summed E-state index contributed by atoms with van der Waals surface area (Å²) in [7, 11) is 0. The van der Waals surface area contributed by atoms with Gasteiger partial charge < -0.3 is 10.1 Å². The first kappa shape index (κ1) is 13.3. The Morgan fingerprint density at radius 3 is 2.43 bits per heavy atom. The molecule has 1 atom stereocenters. The minimum atomic E-state index is -0.402. The molecular formula is C11H23NO2. The molecule has 0 aliphatic rings. The predicted octanol–water partition coefficient (Wildman–Crippen LogP) is 2.95. The maximum absolute atomic E-state index is 11.2. The fourth-order valence-corrected chi connectivity index (χ4v) is 0.939. The Hall–Kier alpha value is -0.730. The van der Waals surface area contributed by atoms with Crippen LogP contribution in [0.15, 0.2) is 0 Å². The second kappa shape index (κ2) is 5.89. The maximum atomic E-state index is 11.2. The van der Waals surface area contributed by atoms with Crippen LogP contribution in [0, 0.1) is 5.92 Å². The van der Waals surface area contributed by atoms with E-state index in [1.807, 2.05) is 20.8 Å².